The maximum Gasteiger partial charge on any atom is 0.342 e. The SMILES string of the molecule is Cc1nn(-c2ccccc2)c(C)c1C(=O)OCC(=O)c1ccc2c(c1)CCC(=O)N2. The Balaban J connectivity index is 1.47. The molecule has 4 rings (SSSR count). The Labute approximate surface area is 173 Å². The first-order valence-corrected chi connectivity index (χ1v) is 9.69. The summed E-state index contributed by atoms with van der Waals surface area (Å²) in [4.78, 5) is 36.7. The monoisotopic (exact) mass is 403 g/mol. The van der Waals surface area contributed by atoms with Crippen LogP contribution in [0.25, 0.3) is 5.69 Å². The highest BCUT2D eigenvalue weighted by molar-refractivity contribution is 6.01. The van der Waals surface area contributed by atoms with E-state index in [-0.39, 0.29) is 18.3 Å². The van der Waals surface area contributed by atoms with Crippen molar-refractivity contribution < 1.29 is 19.1 Å². The highest BCUT2D eigenvalue weighted by Gasteiger charge is 2.22. The van der Waals surface area contributed by atoms with Gasteiger partial charge in [-0.1, -0.05) is 18.2 Å². The predicted molar refractivity (Wildman–Crippen MR) is 111 cm³/mol. The first-order valence-electron chi connectivity index (χ1n) is 9.69. The van der Waals surface area contributed by atoms with E-state index in [4.69, 9.17) is 4.74 Å². The van der Waals surface area contributed by atoms with E-state index < -0.39 is 5.97 Å². The fourth-order valence-electron chi connectivity index (χ4n) is 3.60. The third-order valence-corrected chi connectivity index (χ3v) is 5.15. The fraction of sp³-hybridized carbons (Fsp3) is 0.217. The van der Waals surface area contributed by atoms with Gasteiger partial charge in [-0.25, -0.2) is 9.48 Å². The molecule has 7 nitrogen and oxygen atoms in total. The van der Waals surface area contributed by atoms with Crippen LogP contribution in [0, 0.1) is 13.8 Å². The van der Waals surface area contributed by atoms with Crippen LogP contribution in [0.3, 0.4) is 0 Å². The number of hydrogen-bond donors (Lipinski definition) is 1. The average Bonchev–Trinajstić information content (AvgIpc) is 3.06. The molecule has 3 aromatic rings. The number of rotatable bonds is 5. The van der Waals surface area contributed by atoms with Gasteiger partial charge in [0.25, 0.3) is 0 Å². The summed E-state index contributed by atoms with van der Waals surface area (Å²) in [6.07, 6.45) is 0.975. The lowest BCUT2D eigenvalue weighted by molar-refractivity contribution is -0.116. The molecule has 1 amide bonds. The minimum atomic E-state index is -0.578. The molecule has 2 aromatic carbocycles. The number of carbonyl (C=O) groups is 3. The third-order valence-electron chi connectivity index (χ3n) is 5.15. The summed E-state index contributed by atoms with van der Waals surface area (Å²) in [6, 6.07) is 14.6. The molecule has 1 aliphatic heterocycles. The van der Waals surface area contributed by atoms with Crippen molar-refractivity contribution in [3.63, 3.8) is 0 Å². The van der Waals surface area contributed by atoms with Gasteiger partial charge < -0.3 is 10.1 Å². The van der Waals surface area contributed by atoms with E-state index in [1.807, 2.05) is 30.3 Å². The minimum Gasteiger partial charge on any atom is -0.454 e. The van der Waals surface area contributed by atoms with E-state index in [0.29, 0.717) is 35.4 Å². The number of Topliss-reactive ketones (excluding diaryl/α,β-unsaturated/α-hetero) is 1. The Kier molecular flexibility index (Phi) is 5.18. The van der Waals surface area contributed by atoms with E-state index >= 15 is 0 Å². The molecule has 0 fully saturated rings. The van der Waals surface area contributed by atoms with E-state index in [1.54, 1.807) is 36.7 Å². The zero-order valence-electron chi connectivity index (χ0n) is 16.8. The van der Waals surface area contributed by atoms with Crippen LogP contribution in [-0.4, -0.2) is 34.0 Å². The number of nitrogens with one attached hydrogen (secondary N) is 1. The number of para-hydroxylation sites is 1. The summed E-state index contributed by atoms with van der Waals surface area (Å²) in [5.41, 5.74) is 4.47. The molecule has 1 aromatic heterocycles. The lowest BCUT2D eigenvalue weighted by Crippen LogP contribution is -2.20. The van der Waals surface area contributed by atoms with Crippen LogP contribution in [0.4, 0.5) is 5.69 Å². The van der Waals surface area contributed by atoms with Gasteiger partial charge in [0.05, 0.1) is 17.1 Å². The Hall–Kier alpha value is -3.74. The van der Waals surface area contributed by atoms with Crippen molar-refractivity contribution in [2.45, 2.75) is 26.7 Å². The van der Waals surface area contributed by atoms with Gasteiger partial charge in [0.15, 0.2) is 12.4 Å². The van der Waals surface area contributed by atoms with E-state index in [2.05, 4.69) is 10.4 Å². The summed E-state index contributed by atoms with van der Waals surface area (Å²) >= 11 is 0. The van der Waals surface area contributed by atoms with Crippen LogP contribution in [0.2, 0.25) is 0 Å². The largest absolute Gasteiger partial charge is 0.454 e. The van der Waals surface area contributed by atoms with Crippen molar-refractivity contribution in [1.82, 2.24) is 9.78 Å². The first-order chi connectivity index (χ1) is 14.4. The van der Waals surface area contributed by atoms with E-state index in [9.17, 15) is 14.4 Å². The van der Waals surface area contributed by atoms with Crippen molar-refractivity contribution in [3.05, 3.63) is 76.6 Å². The van der Waals surface area contributed by atoms with Crippen LogP contribution in [0.15, 0.2) is 48.5 Å². The van der Waals surface area contributed by atoms with Gasteiger partial charge >= 0.3 is 5.97 Å². The van der Waals surface area contributed by atoms with Crippen LogP contribution in [0.5, 0.6) is 0 Å². The van der Waals surface area contributed by atoms with Crippen molar-refractivity contribution >= 4 is 23.3 Å². The number of amides is 1. The molecule has 0 spiro atoms. The quantitative estimate of drug-likeness (QED) is 0.521. The van der Waals surface area contributed by atoms with Gasteiger partial charge in [-0.3, -0.25) is 9.59 Å². The molecule has 152 valence electrons. The number of esters is 1. The number of aryl methyl sites for hydroxylation is 2. The lowest BCUT2D eigenvalue weighted by Gasteiger charge is -2.17. The Morgan fingerprint density at radius 2 is 1.87 bits per heavy atom. The number of hydrogen-bond acceptors (Lipinski definition) is 5. The zero-order valence-corrected chi connectivity index (χ0v) is 16.8. The number of ether oxygens (including phenoxy) is 1. The predicted octanol–water partition coefficient (Wildman–Crippen LogP) is 3.41. The number of nitrogens with zero attached hydrogens (tertiary/aromatic N) is 2. The Morgan fingerprint density at radius 1 is 1.10 bits per heavy atom. The lowest BCUT2D eigenvalue weighted by atomic mass is 9.99. The van der Waals surface area contributed by atoms with Crippen LogP contribution in [0.1, 0.15) is 44.1 Å². The van der Waals surface area contributed by atoms with Gasteiger partial charge in [-0.2, -0.15) is 5.10 Å². The Morgan fingerprint density at radius 3 is 2.63 bits per heavy atom. The standard InChI is InChI=1S/C23H21N3O4/c1-14-22(15(2)26(25-14)18-6-4-3-5-7-18)23(29)30-13-20(27)17-8-10-19-16(12-17)9-11-21(28)24-19/h3-8,10,12H,9,11,13H2,1-2H3,(H,24,28). The highest BCUT2D eigenvalue weighted by Crippen LogP contribution is 2.24. The molecule has 0 bridgehead atoms. The van der Waals surface area contributed by atoms with Crippen molar-refractivity contribution in [1.29, 1.82) is 0 Å². The molecule has 0 saturated carbocycles. The summed E-state index contributed by atoms with van der Waals surface area (Å²) < 4.78 is 6.99. The summed E-state index contributed by atoms with van der Waals surface area (Å²) in [5, 5.41) is 7.22. The normalized spacial score (nSPS) is 12.8. The third kappa shape index (κ3) is 3.74. The summed E-state index contributed by atoms with van der Waals surface area (Å²) in [6.45, 7) is 3.17. The van der Waals surface area contributed by atoms with Crippen molar-refractivity contribution in [3.8, 4) is 5.69 Å². The minimum absolute atomic E-state index is 0.0303. The molecule has 30 heavy (non-hydrogen) atoms. The number of anilines is 1. The second-order valence-corrected chi connectivity index (χ2v) is 7.21. The van der Waals surface area contributed by atoms with Gasteiger partial charge in [0.1, 0.15) is 5.56 Å². The number of carbonyl (C=O) groups excluding carboxylic acids is 3. The molecule has 0 atom stereocenters. The molecule has 1 N–H and O–H groups in total. The number of ketones is 1. The second-order valence-electron chi connectivity index (χ2n) is 7.21. The molecule has 2 heterocycles. The first kappa shape index (κ1) is 19.6. The van der Waals surface area contributed by atoms with Crippen molar-refractivity contribution in [2.24, 2.45) is 0 Å². The molecule has 1 aliphatic rings. The highest BCUT2D eigenvalue weighted by atomic mass is 16.5. The molecule has 0 unspecified atom stereocenters. The zero-order chi connectivity index (χ0) is 21.3. The maximum absolute atomic E-state index is 12.7. The van der Waals surface area contributed by atoms with Gasteiger partial charge in [-0.05, 0) is 56.2 Å². The van der Waals surface area contributed by atoms with Crippen molar-refractivity contribution in [2.75, 3.05) is 11.9 Å². The number of benzene rings is 2. The van der Waals surface area contributed by atoms with E-state index in [0.717, 1.165) is 16.9 Å². The number of fused-ring (bicyclic) bond motifs is 1. The van der Waals surface area contributed by atoms with E-state index in [1.165, 1.54) is 0 Å². The van der Waals surface area contributed by atoms with Crippen LogP contribution in [-0.2, 0) is 16.0 Å². The number of aromatic nitrogens is 2. The molecular formula is C23H21N3O4. The molecule has 0 saturated heterocycles. The summed E-state index contributed by atoms with van der Waals surface area (Å²) in [7, 11) is 0. The smallest absolute Gasteiger partial charge is 0.342 e. The second kappa shape index (κ2) is 7.94. The molecule has 7 heteroatoms. The summed E-state index contributed by atoms with van der Waals surface area (Å²) in [5.74, 6) is -0.906. The Bertz CT molecular complexity index is 1150. The van der Waals surface area contributed by atoms with Crippen LogP contribution < -0.4 is 5.32 Å². The van der Waals surface area contributed by atoms with Gasteiger partial charge in [-0.15, -0.1) is 0 Å². The molecule has 0 radical (unpaired) electrons. The maximum atomic E-state index is 12.7. The topological polar surface area (TPSA) is 90.3 Å². The average molecular weight is 403 g/mol. The van der Waals surface area contributed by atoms with Crippen LogP contribution >= 0.6 is 0 Å². The van der Waals surface area contributed by atoms with Gasteiger partial charge in [0.2, 0.25) is 5.91 Å². The van der Waals surface area contributed by atoms with Gasteiger partial charge in [0, 0.05) is 17.7 Å². The molecule has 0 aliphatic carbocycles. The molecular weight excluding hydrogens is 382 g/mol. The fourth-order valence-corrected chi connectivity index (χ4v) is 3.60.